The number of rotatable bonds is 1. The zero-order valence-corrected chi connectivity index (χ0v) is 5.57. The molecule has 0 aromatic rings. The van der Waals surface area contributed by atoms with E-state index in [4.69, 9.17) is 0 Å². The topological polar surface area (TPSA) is 43.4 Å². The van der Waals surface area contributed by atoms with Crippen LogP contribution in [0.3, 0.4) is 0 Å². The van der Waals surface area contributed by atoms with Crippen molar-refractivity contribution in [2.45, 2.75) is 0 Å². The van der Waals surface area contributed by atoms with Gasteiger partial charge in [0.25, 0.3) is 0 Å². The van der Waals surface area contributed by atoms with E-state index < -0.39 is 11.0 Å². The maximum absolute atomic E-state index is 9.22. The minimum atomic E-state index is -2.54. The Morgan fingerprint density at radius 3 is 1.67 bits per heavy atom. The molecule has 0 aliphatic heterocycles. The van der Waals surface area contributed by atoms with Crippen LogP contribution in [0.5, 0.6) is 0 Å². The molecule has 0 heterocycles. The van der Waals surface area contributed by atoms with Crippen molar-refractivity contribution in [2.75, 3.05) is 0 Å². The van der Waals surface area contributed by atoms with Crippen LogP contribution in [0.4, 0.5) is 0 Å². The summed E-state index contributed by atoms with van der Waals surface area (Å²) >= 11 is 0. The molecule has 0 amide bonds. The Labute approximate surface area is 83.6 Å². The van der Waals surface area contributed by atoms with Gasteiger partial charge in [0.2, 0.25) is 11.0 Å². The van der Waals surface area contributed by atoms with Gasteiger partial charge in [0.1, 0.15) is 0 Å². The van der Waals surface area contributed by atoms with Gasteiger partial charge in [-0.3, -0.25) is 0 Å². The Morgan fingerprint density at radius 2 is 1.67 bits per heavy atom. The third kappa shape index (κ3) is 9.23. The molecule has 3 nitrogen and oxygen atoms in total. The third-order valence-corrected chi connectivity index (χ3v) is 1.34. The van der Waals surface area contributed by atoms with E-state index in [1.54, 1.807) is 0 Å². The first kappa shape index (κ1) is 10.7. The summed E-state index contributed by atoms with van der Waals surface area (Å²) in [5.74, 6) is 0. The number of thiol groups is 1. The van der Waals surface area contributed by atoms with Gasteiger partial charge in [0.15, 0.2) is 10.5 Å². The van der Waals surface area contributed by atoms with Crippen LogP contribution in [0.1, 0.15) is 0 Å². The molecular weight excluding hydrogens is 147 g/mol. The molecule has 0 aromatic heterocycles. The molecule has 0 N–H and O–H groups in total. The van der Waals surface area contributed by atoms with Crippen LogP contribution in [-0.4, -0.2) is 70.3 Å². The molecule has 0 aromatic carbocycles. The molecule has 0 aliphatic carbocycles. The molecule has 0 atom stereocenters. The third-order valence-electron chi connectivity index (χ3n) is 0.149. The average molecular weight is 152 g/mol. The van der Waals surface area contributed by atoms with E-state index in [9.17, 15) is 8.42 Å². The van der Waals surface area contributed by atoms with Crippen molar-refractivity contribution in [1.82, 2.24) is 0 Å². The van der Waals surface area contributed by atoms with Crippen LogP contribution in [-0.2, 0) is 14.9 Å². The maximum atomic E-state index is 9.22. The van der Waals surface area contributed by atoms with Gasteiger partial charge >= 0.3 is 51.4 Å². The van der Waals surface area contributed by atoms with Crippen LogP contribution in [0.2, 0.25) is 0 Å². The summed E-state index contributed by atoms with van der Waals surface area (Å²) in [6, 6.07) is 0. The Kier molecular flexibility index (Phi) is 12.1. The van der Waals surface area contributed by atoms with Crippen molar-refractivity contribution in [3.8, 4) is 0 Å². The average Bonchev–Trinajstić information content (AvgIpc) is 1.38. The van der Waals surface area contributed by atoms with E-state index in [0.717, 1.165) is 0 Å². The summed E-state index contributed by atoms with van der Waals surface area (Å²) in [6.07, 6.45) is 0. The standard InChI is InChI=1S/K.H4O3SSi.H/c;1-4(2)3-5;/h;4H,5H3;. The summed E-state index contributed by atoms with van der Waals surface area (Å²) < 4.78 is 22.3. The monoisotopic (exact) mass is 152 g/mol. The second kappa shape index (κ2) is 6.76. The SMILES string of the molecule is O=[SH](=O)O[SiH3].[KH]. The molecule has 0 radical (unpaired) electrons. The Bertz CT molecular complexity index is 68.9. The number of hydrogen-bond donors (Lipinski definition) is 1. The summed E-state index contributed by atoms with van der Waals surface area (Å²) in [5.41, 5.74) is 0. The predicted octanol–water partition coefficient (Wildman–Crippen LogP) is -2.84. The van der Waals surface area contributed by atoms with Gasteiger partial charge in [0, 0.05) is 0 Å². The molecule has 0 rings (SSSR count). The summed E-state index contributed by atoms with van der Waals surface area (Å²) in [4.78, 5) is 0. The summed E-state index contributed by atoms with van der Waals surface area (Å²) in [7, 11) is -2.26. The van der Waals surface area contributed by atoms with Crippen molar-refractivity contribution in [3.05, 3.63) is 0 Å². The van der Waals surface area contributed by atoms with Crippen molar-refractivity contribution >= 4 is 72.9 Å². The molecular formula is H5KO3SSi. The summed E-state index contributed by atoms with van der Waals surface area (Å²) in [5, 5.41) is 0. The zero-order valence-electron chi connectivity index (χ0n) is 2.67. The quantitative estimate of drug-likeness (QED) is 0.325. The second-order valence-corrected chi connectivity index (χ2v) is 2.31. The van der Waals surface area contributed by atoms with Crippen molar-refractivity contribution in [2.24, 2.45) is 0 Å². The van der Waals surface area contributed by atoms with Crippen LogP contribution >= 0.6 is 0 Å². The van der Waals surface area contributed by atoms with Gasteiger partial charge in [-0.15, -0.1) is 0 Å². The molecule has 0 saturated carbocycles. The van der Waals surface area contributed by atoms with Gasteiger partial charge in [-0.1, -0.05) is 0 Å². The van der Waals surface area contributed by atoms with Gasteiger partial charge in [-0.2, -0.15) is 0 Å². The first-order chi connectivity index (χ1) is 2.27. The molecule has 6 heteroatoms. The first-order valence-corrected chi connectivity index (χ1v) is 2.87. The van der Waals surface area contributed by atoms with E-state index in [2.05, 4.69) is 3.87 Å². The normalized spacial score (nSPS) is 8.17. The van der Waals surface area contributed by atoms with Crippen molar-refractivity contribution in [3.63, 3.8) is 0 Å². The van der Waals surface area contributed by atoms with Crippen molar-refractivity contribution in [1.29, 1.82) is 0 Å². The molecule has 34 valence electrons. The Morgan fingerprint density at radius 1 is 1.50 bits per heavy atom. The second-order valence-electron chi connectivity index (χ2n) is 0.406. The van der Waals surface area contributed by atoms with E-state index in [1.165, 1.54) is 0 Å². The Balaban J connectivity index is 0. The van der Waals surface area contributed by atoms with Crippen LogP contribution in [0.15, 0.2) is 0 Å². The van der Waals surface area contributed by atoms with Crippen LogP contribution in [0.25, 0.3) is 0 Å². The fraction of sp³-hybridized carbons (Fsp3) is 0. The number of hydrogen-bond acceptors (Lipinski definition) is 3. The first-order valence-electron chi connectivity index (χ1n) is 0.956. The molecule has 0 aliphatic rings. The van der Waals surface area contributed by atoms with Crippen molar-refractivity contribution < 1.29 is 12.3 Å². The van der Waals surface area contributed by atoms with Gasteiger partial charge in [-0.25, -0.2) is 8.42 Å². The molecule has 0 spiro atoms. The minimum absolute atomic E-state index is 0. The van der Waals surface area contributed by atoms with E-state index in [0.29, 0.717) is 0 Å². The molecule has 0 fully saturated rings. The van der Waals surface area contributed by atoms with Gasteiger partial charge in [-0.05, 0) is 0 Å². The summed E-state index contributed by atoms with van der Waals surface area (Å²) in [6.45, 7) is 0. The predicted molar refractivity (Wildman–Crippen MR) is 28.5 cm³/mol. The zero-order chi connectivity index (χ0) is 4.28. The van der Waals surface area contributed by atoms with E-state index in [1.807, 2.05) is 0 Å². The van der Waals surface area contributed by atoms with E-state index >= 15 is 0 Å². The van der Waals surface area contributed by atoms with Gasteiger partial charge < -0.3 is 3.87 Å². The van der Waals surface area contributed by atoms with Crippen LogP contribution in [0, 0.1) is 0 Å². The Hall–Kier alpha value is 1.76. The van der Waals surface area contributed by atoms with E-state index in [-0.39, 0.29) is 61.9 Å². The van der Waals surface area contributed by atoms with Gasteiger partial charge in [0.05, 0.1) is 0 Å². The fourth-order valence-electron chi connectivity index (χ4n) is 0. The molecule has 0 saturated heterocycles. The molecule has 0 bridgehead atoms. The van der Waals surface area contributed by atoms with Crippen LogP contribution < -0.4 is 0 Å². The molecule has 0 unspecified atom stereocenters. The fourth-order valence-corrected chi connectivity index (χ4v) is 0. The molecule has 6 heavy (non-hydrogen) atoms.